The fourth-order valence-corrected chi connectivity index (χ4v) is 5.93. The minimum Gasteiger partial charge on any atom is -0.493 e. The predicted octanol–water partition coefficient (Wildman–Crippen LogP) is 5.20. The molecule has 1 aromatic heterocycles. The lowest BCUT2D eigenvalue weighted by atomic mass is 9.95. The summed E-state index contributed by atoms with van der Waals surface area (Å²) in [5, 5.41) is 3.84. The van der Waals surface area contributed by atoms with E-state index in [1.807, 2.05) is 30.3 Å². The van der Waals surface area contributed by atoms with E-state index >= 15 is 0 Å². The van der Waals surface area contributed by atoms with Crippen molar-refractivity contribution < 1.29 is 14.3 Å². The summed E-state index contributed by atoms with van der Waals surface area (Å²) in [6, 6.07) is 19.0. The Morgan fingerprint density at radius 2 is 1.77 bits per heavy atom. The third-order valence-electron chi connectivity index (χ3n) is 6.24. The van der Waals surface area contributed by atoms with Crippen LogP contribution in [0, 0.1) is 0 Å². The molecule has 4 aromatic rings. The zero-order chi connectivity index (χ0) is 27.7. The SMILES string of the molecule is COc1cc(/C=c2\sc3n(c2=O)[C@@H](c2ccc(Cl)cc2)C(C(=O)Nc2ccccc2)=C(C)N=3)cc(Cl)c1OC. The average molecular weight is 580 g/mol. The minimum atomic E-state index is -0.710. The zero-order valence-electron chi connectivity index (χ0n) is 21.2. The number of amides is 1. The van der Waals surface area contributed by atoms with Gasteiger partial charge in [-0.1, -0.05) is 64.9 Å². The van der Waals surface area contributed by atoms with Crippen molar-refractivity contribution in [3.05, 3.63) is 119 Å². The molecule has 7 nitrogen and oxygen atoms in total. The first-order valence-electron chi connectivity index (χ1n) is 11.9. The van der Waals surface area contributed by atoms with Gasteiger partial charge >= 0.3 is 0 Å². The first kappa shape index (κ1) is 26.7. The van der Waals surface area contributed by atoms with Gasteiger partial charge in [-0.3, -0.25) is 14.2 Å². The maximum absolute atomic E-state index is 13.9. The highest BCUT2D eigenvalue weighted by Gasteiger charge is 2.32. The molecule has 0 bridgehead atoms. The maximum atomic E-state index is 13.9. The molecule has 0 unspecified atom stereocenters. The summed E-state index contributed by atoms with van der Waals surface area (Å²) < 4.78 is 12.7. The Morgan fingerprint density at radius 3 is 2.44 bits per heavy atom. The molecule has 1 aliphatic rings. The first-order valence-corrected chi connectivity index (χ1v) is 13.4. The van der Waals surface area contributed by atoms with Crippen LogP contribution in [0.3, 0.4) is 0 Å². The molecular formula is C29H23Cl2N3O4S. The summed E-state index contributed by atoms with van der Waals surface area (Å²) in [5.41, 5.74) is 2.62. The Morgan fingerprint density at radius 1 is 1.05 bits per heavy atom. The van der Waals surface area contributed by atoms with E-state index in [9.17, 15) is 9.59 Å². The van der Waals surface area contributed by atoms with Crippen molar-refractivity contribution in [2.24, 2.45) is 4.99 Å². The standard InChI is InChI=1S/C29H23Cl2N3O4S/c1-16-24(27(35)33-20-7-5-4-6-8-20)25(18-9-11-19(30)12-10-18)34-28(36)23(39-29(34)32-16)15-17-13-21(31)26(38-3)22(14-17)37-2/h4-15,25H,1-3H3,(H,33,35)/b23-15-/t25-/m0/s1. The number of hydrogen-bond donors (Lipinski definition) is 1. The number of ether oxygens (including phenoxy) is 2. The molecule has 0 spiro atoms. The molecule has 0 saturated heterocycles. The number of aromatic nitrogens is 1. The van der Waals surface area contributed by atoms with Crippen LogP contribution in [0.15, 0.2) is 87.8 Å². The van der Waals surface area contributed by atoms with Crippen LogP contribution in [0.1, 0.15) is 24.1 Å². The van der Waals surface area contributed by atoms with Crippen LogP contribution in [-0.2, 0) is 4.79 Å². The molecule has 0 fully saturated rings. The van der Waals surface area contributed by atoms with E-state index in [-0.39, 0.29) is 11.5 Å². The highest BCUT2D eigenvalue weighted by molar-refractivity contribution is 7.07. The van der Waals surface area contributed by atoms with E-state index in [1.54, 1.807) is 54.0 Å². The largest absolute Gasteiger partial charge is 0.493 e. The van der Waals surface area contributed by atoms with Gasteiger partial charge in [-0.15, -0.1) is 0 Å². The third kappa shape index (κ3) is 5.23. The van der Waals surface area contributed by atoms with Gasteiger partial charge in [0.1, 0.15) is 0 Å². The number of fused-ring (bicyclic) bond motifs is 1. The number of thiazole rings is 1. The summed E-state index contributed by atoms with van der Waals surface area (Å²) in [7, 11) is 3.02. The normalized spacial score (nSPS) is 15.0. The van der Waals surface area contributed by atoms with Gasteiger partial charge in [0.25, 0.3) is 11.5 Å². The Balaban J connectivity index is 1.67. The highest BCUT2D eigenvalue weighted by Crippen LogP contribution is 2.36. The van der Waals surface area contributed by atoms with Crippen molar-refractivity contribution in [2.75, 3.05) is 19.5 Å². The molecule has 0 radical (unpaired) electrons. The van der Waals surface area contributed by atoms with E-state index in [2.05, 4.69) is 10.3 Å². The van der Waals surface area contributed by atoms with Crippen LogP contribution in [0.5, 0.6) is 11.5 Å². The lowest BCUT2D eigenvalue weighted by molar-refractivity contribution is -0.113. The molecule has 39 heavy (non-hydrogen) atoms. The molecule has 1 aliphatic heterocycles. The van der Waals surface area contributed by atoms with Gasteiger partial charge in [0.2, 0.25) is 0 Å². The number of carbonyl (C=O) groups excluding carboxylic acids is 1. The Bertz CT molecular complexity index is 1780. The molecule has 198 valence electrons. The molecule has 1 amide bonds. The van der Waals surface area contributed by atoms with Crippen molar-refractivity contribution >= 4 is 52.2 Å². The second kappa shape index (κ2) is 11.1. The maximum Gasteiger partial charge on any atom is 0.271 e. The number of nitrogens with one attached hydrogen (secondary N) is 1. The summed E-state index contributed by atoms with van der Waals surface area (Å²) in [6.45, 7) is 1.77. The molecule has 0 saturated carbocycles. The third-order valence-corrected chi connectivity index (χ3v) is 7.75. The Hall–Kier alpha value is -3.85. The second-order valence-corrected chi connectivity index (χ2v) is 10.5. The monoisotopic (exact) mass is 579 g/mol. The van der Waals surface area contributed by atoms with Gasteiger partial charge in [-0.25, -0.2) is 4.99 Å². The van der Waals surface area contributed by atoms with Crippen LogP contribution >= 0.6 is 34.5 Å². The van der Waals surface area contributed by atoms with Crippen molar-refractivity contribution in [1.82, 2.24) is 4.57 Å². The Labute approximate surface area is 238 Å². The fourth-order valence-electron chi connectivity index (χ4n) is 4.46. The van der Waals surface area contributed by atoms with E-state index in [1.165, 1.54) is 25.6 Å². The molecular weight excluding hydrogens is 557 g/mol. The number of methoxy groups -OCH3 is 2. The number of benzene rings is 3. The van der Waals surface area contributed by atoms with Gasteiger partial charge in [-0.05, 0) is 60.5 Å². The summed E-state index contributed by atoms with van der Waals surface area (Å²) in [4.78, 5) is 32.6. The number of nitrogens with zero attached hydrogens (tertiary/aromatic N) is 2. The van der Waals surface area contributed by atoms with Crippen molar-refractivity contribution in [2.45, 2.75) is 13.0 Å². The van der Waals surface area contributed by atoms with Crippen molar-refractivity contribution in [1.29, 1.82) is 0 Å². The van der Waals surface area contributed by atoms with E-state index in [0.29, 0.717) is 53.4 Å². The molecule has 2 heterocycles. The molecule has 1 N–H and O–H groups in total. The highest BCUT2D eigenvalue weighted by atomic mass is 35.5. The van der Waals surface area contributed by atoms with E-state index < -0.39 is 6.04 Å². The van der Waals surface area contributed by atoms with E-state index in [0.717, 1.165) is 5.56 Å². The van der Waals surface area contributed by atoms with Crippen LogP contribution in [0.2, 0.25) is 10.0 Å². The van der Waals surface area contributed by atoms with Crippen LogP contribution in [0.4, 0.5) is 5.69 Å². The van der Waals surface area contributed by atoms with Gasteiger partial charge < -0.3 is 14.8 Å². The second-order valence-electron chi connectivity index (χ2n) is 8.69. The fraction of sp³-hybridized carbons (Fsp3) is 0.138. The smallest absolute Gasteiger partial charge is 0.271 e. The van der Waals surface area contributed by atoms with Crippen LogP contribution < -0.4 is 29.7 Å². The van der Waals surface area contributed by atoms with Gasteiger partial charge in [0.15, 0.2) is 16.3 Å². The first-order chi connectivity index (χ1) is 18.8. The van der Waals surface area contributed by atoms with Gasteiger partial charge in [0.05, 0.1) is 41.1 Å². The molecule has 0 aliphatic carbocycles. The number of carbonyl (C=O) groups is 1. The van der Waals surface area contributed by atoms with Crippen molar-refractivity contribution in [3.8, 4) is 11.5 Å². The van der Waals surface area contributed by atoms with Gasteiger partial charge in [0, 0.05) is 10.7 Å². The lowest BCUT2D eigenvalue weighted by Crippen LogP contribution is -2.40. The number of anilines is 1. The minimum absolute atomic E-state index is 0.290. The van der Waals surface area contributed by atoms with Gasteiger partial charge in [-0.2, -0.15) is 0 Å². The number of hydrogen-bond acceptors (Lipinski definition) is 6. The topological polar surface area (TPSA) is 81.9 Å². The average Bonchev–Trinajstić information content (AvgIpc) is 3.22. The van der Waals surface area contributed by atoms with Crippen molar-refractivity contribution in [3.63, 3.8) is 0 Å². The quantitative estimate of drug-likeness (QED) is 0.340. The van der Waals surface area contributed by atoms with E-state index in [4.69, 9.17) is 32.7 Å². The summed E-state index contributed by atoms with van der Waals surface area (Å²) in [5.74, 6) is 0.507. The molecule has 5 rings (SSSR count). The number of rotatable bonds is 6. The lowest BCUT2D eigenvalue weighted by Gasteiger charge is -2.25. The molecule has 10 heteroatoms. The zero-order valence-corrected chi connectivity index (χ0v) is 23.5. The number of allylic oxidation sites excluding steroid dienone is 1. The number of para-hydroxylation sites is 1. The summed E-state index contributed by atoms with van der Waals surface area (Å²) >= 11 is 13.8. The molecule has 3 aromatic carbocycles. The van der Waals surface area contributed by atoms with Crippen LogP contribution in [-0.4, -0.2) is 24.7 Å². The summed E-state index contributed by atoms with van der Waals surface area (Å²) in [6.07, 6.45) is 1.72. The Kier molecular flexibility index (Phi) is 7.61. The molecule has 1 atom stereocenters. The predicted molar refractivity (Wildman–Crippen MR) is 155 cm³/mol. The van der Waals surface area contributed by atoms with Crippen LogP contribution in [0.25, 0.3) is 6.08 Å². The number of halogens is 2.